The van der Waals surface area contributed by atoms with Gasteiger partial charge < -0.3 is 21.1 Å². The van der Waals surface area contributed by atoms with Crippen molar-refractivity contribution < 1.29 is 28.4 Å². The molecule has 0 rings (SSSR count). The third-order valence-corrected chi connectivity index (χ3v) is 9.59. The third kappa shape index (κ3) is 34.9. The lowest BCUT2D eigenvalue weighted by atomic mass is 10.1. The van der Waals surface area contributed by atoms with Crippen LogP contribution in [0.15, 0.2) is 48.6 Å². The molecule has 0 heterocycles. The summed E-state index contributed by atoms with van der Waals surface area (Å²) in [6.45, 7) is 4.05. The van der Waals surface area contributed by atoms with E-state index in [1.54, 1.807) is 6.08 Å². The Morgan fingerprint density at radius 3 is 1.58 bits per heavy atom. The van der Waals surface area contributed by atoms with Gasteiger partial charge >= 0.3 is 7.82 Å². The maximum absolute atomic E-state index is 12.7. The van der Waals surface area contributed by atoms with Gasteiger partial charge in [-0.15, -0.1) is 0 Å². The van der Waals surface area contributed by atoms with Gasteiger partial charge in [0.05, 0.1) is 25.4 Å². The summed E-state index contributed by atoms with van der Waals surface area (Å²) in [4.78, 5) is 22.6. The number of allylic oxidation sites excluding steroid dienone is 7. The Kier molecular flexibility index (Phi) is 36.1. The van der Waals surface area contributed by atoms with Crippen molar-refractivity contribution in [3.8, 4) is 0 Å². The number of unbranched alkanes of at least 4 members (excludes halogenated alkanes) is 19. The van der Waals surface area contributed by atoms with Crippen LogP contribution in [0.2, 0.25) is 0 Å². The number of aliphatic hydroxyl groups is 1. The maximum atomic E-state index is 12.7. The first-order valence-electron chi connectivity index (χ1n) is 20.3. The van der Waals surface area contributed by atoms with Crippen LogP contribution in [-0.4, -0.2) is 47.8 Å². The van der Waals surface area contributed by atoms with Crippen LogP contribution in [0, 0.1) is 0 Å². The molecule has 0 radical (unpaired) electrons. The smallest absolute Gasteiger partial charge is 0.387 e. The summed E-state index contributed by atoms with van der Waals surface area (Å²) in [6, 6.07) is -0.884. The van der Waals surface area contributed by atoms with Gasteiger partial charge in [-0.25, -0.2) is 4.57 Å². The number of nitrogens with one attached hydrogen (secondary N) is 1. The van der Waals surface area contributed by atoms with Crippen molar-refractivity contribution >= 4 is 13.7 Å². The molecule has 0 aromatic rings. The molecule has 1 amide bonds. The molecule has 3 unspecified atom stereocenters. The quantitative estimate of drug-likeness (QED) is 0.0285. The van der Waals surface area contributed by atoms with E-state index < -0.39 is 20.0 Å². The van der Waals surface area contributed by atoms with Gasteiger partial charge in [-0.2, -0.15) is 0 Å². The van der Waals surface area contributed by atoms with Crippen LogP contribution in [0.25, 0.3) is 0 Å². The molecule has 8 nitrogen and oxygen atoms in total. The lowest BCUT2D eigenvalue weighted by molar-refractivity contribution is -0.123. The first kappa shape index (κ1) is 48.5. The second-order valence-electron chi connectivity index (χ2n) is 13.5. The molecule has 0 fully saturated rings. The highest BCUT2D eigenvalue weighted by Crippen LogP contribution is 2.43. The molecule has 0 saturated carbocycles. The van der Waals surface area contributed by atoms with E-state index in [-0.39, 0.29) is 25.7 Å². The van der Waals surface area contributed by atoms with Gasteiger partial charge in [0.1, 0.15) is 0 Å². The van der Waals surface area contributed by atoms with Gasteiger partial charge in [-0.3, -0.25) is 13.8 Å². The number of phosphoric ester groups is 1. The number of carbonyl (C=O) groups is 1. The molecule has 292 valence electrons. The standard InChI is InChI=1S/C41H77N2O6P/c1-3-5-7-9-11-13-15-17-18-19-20-21-23-25-27-29-31-33-35-41(45)43-39(38-49-50(46,47)48-37-36-42)40(44)34-32-30-28-26-24-22-16-14-12-10-8-6-4-2/h12,14,18-19,24,26,32,34,39-40,44H,3-11,13,15-17,20-23,25,27-31,33,35-38,42H2,1-2H3,(H,43,45)(H,46,47)/b14-12+,19-18-,26-24+,34-32+. The van der Waals surface area contributed by atoms with Crippen molar-refractivity contribution in [3.05, 3.63) is 48.6 Å². The van der Waals surface area contributed by atoms with E-state index >= 15 is 0 Å². The van der Waals surface area contributed by atoms with E-state index in [0.29, 0.717) is 6.42 Å². The zero-order valence-corrected chi connectivity index (χ0v) is 33.0. The molecule has 0 aliphatic heterocycles. The molecule has 0 aromatic carbocycles. The van der Waals surface area contributed by atoms with Crippen LogP contribution >= 0.6 is 7.82 Å². The fraction of sp³-hybridized carbons (Fsp3) is 0.780. The number of hydrogen-bond acceptors (Lipinski definition) is 6. The van der Waals surface area contributed by atoms with Gasteiger partial charge in [0.15, 0.2) is 0 Å². The van der Waals surface area contributed by atoms with Crippen LogP contribution in [0.3, 0.4) is 0 Å². The van der Waals surface area contributed by atoms with E-state index in [1.807, 2.05) is 6.08 Å². The summed E-state index contributed by atoms with van der Waals surface area (Å²) in [7, 11) is -4.35. The Morgan fingerprint density at radius 1 is 0.640 bits per heavy atom. The second kappa shape index (κ2) is 37.2. The van der Waals surface area contributed by atoms with E-state index in [0.717, 1.165) is 51.4 Å². The topological polar surface area (TPSA) is 131 Å². The fourth-order valence-electron chi connectivity index (χ4n) is 5.51. The van der Waals surface area contributed by atoms with E-state index in [2.05, 4.69) is 55.6 Å². The lowest BCUT2D eigenvalue weighted by Gasteiger charge is -2.23. The Labute approximate surface area is 307 Å². The molecular weight excluding hydrogens is 647 g/mol. The average molecular weight is 725 g/mol. The molecule has 9 heteroatoms. The normalized spacial score (nSPS) is 14.7. The lowest BCUT2D eigenvalue weighted by Crippen LogP contribution is -2.45. The van der Waals surface area contributed by atoms with Gasteiger partial charge in [-0.05, 0) is 70.6 Å². The number of phosphoric acid groups is 1. The highest BCUT2D eigenvalue weighted by molar-refractivity contribution is 7.47. The molecule has 0 saturated heterocycles. The van der Waals surface area contributed by atoms with Gasteiger partial charge in [0.2, 0.25) is 5.91 Å². The predicted molar refractivity (Wildman–Crippen MR) is 212 cm³/mol. The monoisotopic (exact) mass is 725 g/mol. The van der Waals surface area contributed by atoms with Crippen molar-refractivity contribution in [3.63, 3.8) is 0 Å². The van der Waals surface area contributed by atoms with Crippen molar-refractivity contribution in [2.75, 3.05) is 19.8 Å². The average Bonchev–Trinajstić information content (AvgIpc) is 3.10. The number of carbonyl (C=O) groups excluding carboxylic acids is 1. The summed E-state index contributed by atoms with van der Waals surface area (Å²) in [6.07, 6.45) is 44.4. The highest BCUT2D eigenvalue weighted by atomic mass is 31.2. The summed E-state index contributed by atoms with van der Waals surface area (Å²) in [5.74, 6) is -0.215. The van der Waals surface area contributed by atoms with Crippen LogP contribution in [0.4, 0.5) is 0 Å². The number of aliphatic hydroxyl groups excluding tert-OH is 1. The van der Waals surface area contributed by atoms with Crippen LogP contribution in [0.1, 0.15) is 174 Å². The zero-order chi connectivity index (χ0) is 36.8. The van der Waals surface area contributed by atoms with E-state index in [1.165, 1.54) is 103 Å². The molecule has 5 N–H and O–H groups in total. The van der Waals surface area contributed by atoms with Gasteiger partial charge in [0.25, 0.3) is 0 Å². The molecular formula is C41H77N2O6P. The van der Waals surface area contributed by atoms with Crippen LogP contribution in [0.5, 0.6) is 0 Å². The number of nitrogens with two attached hydrogens (primary N) is 1. The molecule has 0 spiro atoms. The number of amides is 1. The molecule has 0 bridgehead atoms. The molecule has 50 heavy (non-hydrogen) atoms. The fourth-order valence-corrected chi connectivity index (χ4v) is 6.27. The first-order valence-corrected chi connectivity index (χ1v) is 21.8. The predicted octanol–water partition coefficient (Wildman–Crippen LogP) is 10.9. The number of hydrogen-bond donors (Lipinski definition) is 4. The Hall–Kier alpha value is -1.54. The minimum atomic E-state index is -4.35. The number of rotatable bonds is 37. The van der Waals surface area contributed by atoms with Crippen LogP contribution < -0.4 is 11.1 Å². The summed E-state index contributed by atoms with van der Waals surface area (Å²) >= 11 is 0. The summed E-state index contributed by atoms with van der Waals surface area (Å²) in [5.41, 5.74) is 5.36. The minimum Gasteiger partial charge on any atom is -0.387 e. The molecule has 0 aliphatic carbocycles. The Balaban J connectivity index is 4.31. The summed E-state index contributed by atoms with van der Waals surface area (Å²) < 4.78 is 22.0. The second-order valence-corrected chi connectivity index (χ2v) is 14.9. The Bertz CT molecular complexity index is 923. The summed E-state index contributed by atoms with van der Waals surface area (Å²) in [5, 5.41) is 13.6. The molecule has 0 aromatic heterocycles. The maximum Gasteiger partial charge on any atom is 0.472 e. The van der Waals surface area contributed by atoms with Crippen molar-refractivity contribution in [1.29, 1.82) is 0 Å². The van der Waals surface area contributed by atoms with E-state index in [4.69, 9.17) is 14.8 Å². The van der Waals surface area contributed by atoms with Crippen LogP contribution in [-0.2, 0) is 18.4 Å². The van der Waals surface area contributed by atoms with Gasteiger partial charge in [-0.1, -0.05) is 146 Å². The first-order chi connectivity index (χ1) is 24.4. The highest BCUT2D eigenvalue weighted by Gasteiger charge is 2.26. The van der Waals surface area contributed by atoms with E-state index in [9.17, 15) is 19.4 Å². The SMILES string of the molecule is CCCCC/C=C/CC/C=C/CC/C=C/C(O)C(COP(=O)(O)OCCN)NC(=O)CCCCCCCCC/C=C\CCCCCCCCC. The zero-order valence-electron chi connectivity index (χ0n) is 32.1. The van der Waals surface area contributed by atoms with Crippen molar-refractivity contribution in [1.82, 2.24) is 5.32 Å². The van der Waals surface area contributed by atoms with Crippen molar-refractivity contribution in [2.45, 2.75) is 187 Å². The Morgan fingerprint density at radius 2 is 1.06 bits per heavy atom. The molecule has 0 aliphatic rings. The third-order valence-electron chi connectivity index (χ3n) is 8.60. The van der Waals surface area contributed by atoms with Gasteiger partial charge in [0, 0.05) is 13.0 Å². The largest absolute Gasteiger partial charge is 0.472 e. The minimum absolute atomic E-state index is 0.0698. The molecule has 3 atom stereocenters. The van der Waals surface area contributed by atoms with Crippen molar-refractivity contribution in [2.24, 2.45) is 5.73 Å².